The largest absolute Gasteiger partial charge is 0.399 e. The SMILES string of the molecule is Cc1ccc(N)cc1NC(=O)C1Cc2ccccc21. The summed E-state index contributed by atoms with van der Waals surface area (Å²) in [5, 5.41) is 2.97. The van der Waals surface area contributed by atoms with Gasteiger partial charge < -0.3 is 11.1 Å². The number of nitrogen functional groups attached to an aromatic ring is 1. The van der Waals surface area contributed by atoms with Crippen LogP contribution in [0.5, 0.6) is 0 Å². The van der Waals surface area contributed by atoms with Crippen LogP contribution in [0.1, 0.15) is 22.6 Å². The molecule has 19 heavy (non-hydrogen) atoms. The van der Waals surface area contributed by atoms with Crippen LogP contribution in [-0.4, -0.2) is 5.91 Å². The molecule has 1 aliphatic rings. The number of anilines is 2. The number of hydrogen-bond acceptors (Lipinski definition) is 2. The van der Waals surface area contributed by atoms with Crippen LogP contribution in [0.15, 0.2) is 42.5 Å². The van der Waals surface area contributed by atoms with Gasteiger partial charge in [0.15, 0.2) is 0 Å². The molecule has 2 aromatic carbocycles. The Bertz CT molecular complexity index is 649. The van der Waals surface area contributed by atoms with Crippen LogP contribution in [0.2, 0.25) is 0 Å². The molecule has 0 heterocycles. The highest BCUT2D eigenvalue weighted by Crippen LogP contribution is 2.35. The molecular formula is C16H16N2O. The third-order valence-electron chi connectivity index (χ3n) is 3.69. The van der Waals surface area contributed by atoms with E-state index in [1.54, 1.807) is 6.07 Å². The van der Waals surface area contributed by atoms with Crippen LogP contribution in [0.3, 0.4) is 0 Å². The first-order chi connectivity index (χ1) is 9.15. The minimum absolute atomic E-state index is 0.0305. The molecule has 3 N–H and O–H groups in total. The number of amides is 1. The molecule has 1 unspecified atom stereocenters. The minimum atomic E-state index is -0.0305. The van der Waals surface area contributed by atoms with Gasteiger partial charge in [-0.2, -0.15) is 0 Å². The maximum atomic E-state index is 12.3. The topological polar surface area (TPSA) is 55.1 Å². The summed E-state index contributed by atoms with van der Waals surface area (Å²) in [4.78, 5) is 12.3. The molecule has 96 valence electrons. The van der Waals surface area contributed by atoms with Crippen LogP contribution in [-0.2, 0) is 11.2 Å². The summed E-state index contributed by atoms with van der Waals surface area (Å²) >= 11 is 0. The van der Waals surface area contributed by atoms with E-state index in [0.29, 0.717) is 5.69 Å². The fourth-order valence-electron chi connectivity index (χ4n) is 2.49. The second kappa shape index (κ2) is 4.43. The van der Waals surface area contributed by atoms with E-state index in [9.17, 15) is 4.79 Å². The lowest BCUT2D eigenvalue weighted by Crippen LogP contribution is -2.30. The number of rotatable bonds is 2. The van der Waals surface area contributed by atoms with Crippen LogP contribution in [0, 0.1) is 6.92 Å². The number of nitrogens with one attached hydrogen (secondary N) is 1. The number of hydrogen-bond donors (Lipinski definition) is 2. The summed E-state index contributed by atoms with van der Waals surface area (Å²) < 4.78 is 0. The van der Waals surface area contributed by atoms with Crippen molar-refractivity contribution in [3.05, 3.63) is 59.2 Å². The first kappa shape index (κ1) is 11.8. The van der Waals surface area contributed by atoms with E-state index in [2.05, 4.69) is 11.4 Å². The van der Waals surface area contributed by atoms with Gasteiger partial charge in [0.1, 0.15) is 0 Å². The summed E-state index contributed by atoms with van der Waals surface area (Å²) in [5.74, 6) is 0.0180. The van der Waals surface area contributed by atoms with E-state index in [1.165, 1.54) is 5.56 Å². The fourth-order valence-corrected chi connectivity index (χ4v) is 2.49. The highest BCUT2D eigenvalue weighted by molar-refractivity contribution is 5.98. The summed E-state index contributed by atoms with van der Waals surface area (Å²) in [6.07, 6.45) is 0.823. The highest BCUT2D eigenvalue weighted by atomic mass is 16.1. The third kappa shape index (κ3) is 2.08. The van der Waals surface area contributed by atoms with Crippen molar-refractivity contribution in [3.63, 3.8) is 0 Å². The Hall–Kier alpha value is -2.29. The minimum Gasteiger partial charge on any atom is -0.399 e. The lowest BCUT2D eigenvalue weighted by atomic mass is 9.77. The lowest BCUT2D eigenvalue weighted by Gasteiger charge is -2.29. The molecule has 0 saturated heterocycles. The zero-order valence-electron chi connectivity index (χ0n) is 10.8. The number of aryl methyl sites for hydroxylation is 1. The summed E-state index contributed by atoms with van der Waals surface area (Å²) in [7, 11) is 0. The van der Waals surface area contributed by atoms with Gasteiger partial charge in [-0.25, -0.2) is 0 Å². The number of fused-ring (bicyclic) bond motifs is 1. The smallest absolute Gasteiger partial charge is 0.232 e. The number of carbonyl (C=O) groups is 1. The van der Waals surface area contributed by atoms with Gasteiger partial charge in [0.25, 0.3) is 0 Å². The normalized spacial score (nSPS) is 16.4. The lowest BCUT2D eigenvalue weighted by molar-refractivity contribution is -0.118. The zero-order chi connectivity index (χ0) is 13.4. The molecule has 3 rings (SSSR count). The van der Waals surface area contributed by atoms with Gasteiger partial charge in [0.2, 0.25) is 5.91 Å². The monoisotopic (exact) mass is 252 g/mol. The molecular weight excluding hydrogens is 236 g/mol. The number of nitrogens with two attached hydrogens (primary N) is 1. The van der Waals surface area contributed by atoms with E-state index in [1.807, 2.05) is 37.3 Å². The van der Waals surface area contributed by atoms with Crippen LogP contribution >= 0.6 is 0 Å². The summed E-state index contributed by atoms with van der Waals surface area (Å²) in [6, 6.07) is 13.6. The fraction of sp³-hybridized carbons (Fsp3) is 0.188. The van der Waals surface area contributed by atoms with E-state index in [0.717, 1.165) is 23.2 Å². The zero-order valence-corrected chi connectivity index (χ0v) is 10.8. The second-order valence-corrected chi connectivity index (χ2v) is 5.02. The Morgan fingerprint density at radius 3 is 2.84 bits per heavy atom. The molecule has 1 amide bonds. The van der Waals surface area contributed by atoms with Crippen molar-refractivity contribution in [2.45, 2.75) is 19.3 Å². The maximum Gasteiger partial charge on any atom is 0.232 e. The molecule has 2 aromatic rings. The van der Waals surface area contributed by atoms with Crippen molar-refractivity contribution in [1.82, 2.24) is 0 Å². The van der Waals surface area contributed by atoms with Gasteiger partial charge >= 0.3 is 0 Å². The molecule has 0 fully saturated rings. The Balaban J connectivity index is 1.79. The molecule has 3 heteroatoms. The van der Waals surface area contributed by atoms with Gasteiger partial charge in [-0.3, -0.25) is 4.79 Å². The van der Waals surface area contributed by atoms with Crippen LogP contribution in [0.4, 0.5) is 11.4 Å². The van der Waals surface area contributed by atoms with Crippen LogP contribution in [0.25, 0.3) is 0 Å². The van der Waals surface area contributed by atoms with Crippen molar-refractivity contribution >= 4 is 17.3 Å². The van der Waals surface area contributed by atoms with Gasteiger partial charge in [-0.05, 0) is 42.2 Å². The predicted octanol–water partition coefficient (Wildman–Crippen LogP) is 2.86. The molecule has 0 aromatic heterocycles. The Kier molecular flexibility index (Phi) is 2.75. The number of benzene rings is 2. The molecule has 1 atom stereocenters. The van der Waals surface area contributed by atoms with Gasteiger partial charge in [0, 0.05) is 11.4 Å². The van der Waals surface area contributed by atoms with Crippen molar-refractivity contribution in [2.75, 3.05) is 11.1 Å². The molecule has 0 saturated carbocycles. The van der Waals surface area contributed by atoms with Crippen molar-refractivity contribution < 1.29 is 4.79 Å². The molecule has 0 radical (unpaired) electrons. The van der Waals surface area contributed by atoms with Gasteiger partial charge in [-0.1, -0.05) is 30.3 Å². The third-order valence-corrected chi connectivity index (χ3v) is 3.69. The molecule has 0 spiro atoms. The first-order valence-electron chi connectivity index (χ1n) is 6.40. The quantitative estimate of drug-likeness (QED) is 0.807. The van der Waals surface area contributed by atoms with Gasteiger partial charge in [-0.15, -0.1) is 0 Å². The van der Waals surface area contributed by atoms with E-state index < -0.39 is 0 Å². The van der Waals surface area contributed by atoms with Crippen LogP contribution < -0.4 is 11.1 Å². The average Bonchev–Trinajstić information content (AvgIpc) is 2.35. The Morgan fingerprint density at radius 1 is 1.26 bits per heavy atom. The molecule has 0 bridgehead atoms. The second-order valence-electron chi connectivity index (χ2n) is 5.02. The predicted molar refractivity (Wildman–Crippen MR) is 77.1 cm³/mol. The summed E-state index contributed by atoms with van der Waals surface area (Å²) in [6.45, 7) is 1.96. The number of carbonyl (C=O) groups excluding carboxylic acids is 1. The molecule has 1 aliphatic carbocycles. The summed E-state index contributed by atoms with van der Waals surface area (Å²) in [5.41, 5.74) is 10.6. The van der Waals surface area contributed by atoms with Crippen molar-refractivity contribution in [1.29, 1.82) is 0 Å². The Morgan fingerprint density at radius 2 is 2.05 bits per heavy atom. The van der Waals surface area contributed by atoms with E-state index >= 15 is 0 Å². The first-order valence-corrected chi connectivity index (χ1v) is 6.40. The van der Waals surface area contributed by atoms with Crippen molar-refractivity contribution in [3.8, 4) is 0 Å². The molecule has 3 nitrogen and oxygen atoms in total. The average molecular weight is 252 g/mol. The van der Waals surface area contributed by atoms with E-state index in [4.69, 9.17) is 5.73 Å². The van der Waals surface area contributed by atoms with Crippen molar-refractivity contribution in [2.24, 2.45) is 0 Å². The molecule has 0 aliphatic heterocycles. The maximum absolute atomic E-state index is 12.3. The van der Waals surface area contributed by atoms with E-state index in [-0.39, 0.29) is 11.8 Å². The highest BCUT2D eigenvalue weighted by Gasteiger charge is 2.31. The standard InChI is InChI=1S/C16H16N2O/c1-10-6-7-12(17)9-15(10)18-16(19)14-8-11-4-2-3-5-13(11)14/h2-7,9,14H,8,17H2,1H3,(H,18,19). The Labute approximate surface area is 112 Å². The van der Waals surface area contributed by atoms with Gasteiger partial charge in [0.05, 0.1) is 5.92 Å².